The Morgan fingerprint density at radius 2 is 1.78 bits per heavy atom. The largest absolute Gasteiger partial charge is 0.315 e. The number of hydrogen-bond acceptors (Lipinski definition) is 2. The first-order valence-corrected chi connectivity index (χ1v) is 8.88. The van der Waals surface area contributed by atoms with Gasteiger partial charge in [-0.2, -0.15) is 0 Å². The fourth-order valence-corrected chi connectivity index (χ4v) is 3.54. The predicted molar refractivity (Wildman–Crippen MR) is 97.9 cm³/mol. The molecule has 1 unspecified atom stereocenters. The fraction of sp³-hybridized carbons (Fsp3) is 0.429. The molecule has 0 bridgehead atoms. The zero-order chi connectivity index (χ0) is 16.1. The normalized spacial score (nSPS) is 17.7. The lowest BCUT2D eigenvalue weighted by atomic mass is 9.92. The Labute approximate surface area is 140 Å². The van der Waals surface area contributed by atoms with Crippen molar-refractivity contribution in [1.82, 2.24) is 10.2 Å². The summed E-state index contributed by atoms with van der Waals surface area (Å²) in [6.07, 6.45) is 2.32. The van der Waals surface area contributed by atoms with Gasteiger partial charge in [0, 0.05) is 19.6 Å². The van der Waals surface area contributed by atoms with Crippen LogP contribution in [0.15, 0.2) is 48.5 Å². The lowest BCUT2D eigenvalue weighted by Crippen LogP contribution is -2.33. The second kappa shape index (κ2) is 7.76. The van der Waals surface area contributed by atoms with Crippen molar-refractivity contribution in [3.63, 3.8) is 0 Å². The van der Waals surface area contributed by atoms with E-state index in [0.29, 0.717) is 6.04 Å². The van der Waals surface area contributed by atoms with Crippen molar-refractivity contribution in [3.8, 4) is 0 Å². The molecule has 1 heterocycles. The summed E-state index contributed by atoms with van der Waals surface area (Å²) in [5.41, 5.74) is 5.65. The van der Waals surface area contributed by atoms with Crippen LogP contribution in [0, 0.1) is 6.92 Å². The fourth-order valence-electron chi connectivity index (χ4n) is 3.54. The SMILES string of the molecule is CCc1ccc(C(c2ccccc2C)N2CCCNCC2)cc1. The standard InChI is InChI=1S/C21H28N2/c1-3-18-9-11-19(12-10-18)21(20-8-5-4-7-17(20)2)23-15-6-13-22-14-16-23/h4-5,7-12,21-22H,3,6,13-16H2,1-2H3. The summed E-state index contributed by atoms with van der Waals surface area (Å²) in [5, 5.41) is 3.53. The van der Waals surface area contributed by atoms with Gasteiger partial charge in [0.1, 0.15) is 0 Å². The van der Waals surface area contributed by atoms with Crippen LogP contribution in [0.25, 0.3) is 0 Å². The Balaban J connectivity index is 1.99. The third-order valence-electron chi connectivity index (χ3n) is 4.93. The summed E-state index contributed by atoms with van der Waals surface area (Å²) in [6.45, 7) is 8.92. The van der Waals surface area contributed by atoms with Crippen LogP contribution in [0.5, 0.6) is 0 Å². The van der Waals surface area contributed by atoms with Gasteiger partial charge in [0.05, 0.1) is 6.04 Å². The Bertz CT molecular complexity index is 610. The number of nitrogens with one attached hydrogen (secondary N) is 1. The minimum absolute atomic E-state index is 0.363. The van der Waals surface area contributed by atoms with E-state index in [2.05, 4.69) is 72.6 Å². The number of aryl methyl sites for hydroxylation is 2. The van der Waals surface area contributed by atoms with Crippen molar-refractivity contribution in [2.45, 2.75) is 32.7 Å². The quantitative estimate of drug-likeness (QED) is 0.920. The van der Waals surface area contributed by atoms with E-state index >= 15 is 0 Å². The summed E-state index contributed by atoms with van der Waals surface area (Å²) in [4.78, 5) is 2.64. The van der Waals surface area contributed by atoms with E-state index in [1.807, 2.05) is 0 Å². The smallest absolute Gasteiger partial charge is 0.0604 e. The number of hydrogen-bond donors (Lipinski definition) is 1. The first kappa shape index (κ1) is 16.2. The average molecular weight is 308 g/mol. The van der Waals surface area contributed by atoms with Gasteiger partial charge in [-0.15, -0.1) is 0 Å². The number of rotatable bonds is 4. The Morgan fingerprint density at radius 1 is 1.00 bits per heavy atom. The van der Waals surface area contributed by atoms with Crippen molar-refractivity contribution in [3.05, 3.63) is 70.8 Å². The average Bonchev–Trinajstić information content (AvgIpc) is 2.87. The molecule has 0 amide bonds. The van der Waals surface area contributed by atoms with Crippen LogP contribution in [0.2, 0.25) is 0 Å². The summed E-state index contributed by atoms with van der Waals surface area (Å²) < 4.78 is 0. The Kier molecular flexibility index (Phi) is 5.47. The highest BCUT2D eigenvalue weighted by atomic mass is 15.2. The third kappa shape index (κ3) is 3.82. The van der Waals surface area contributed by atoms with Gasteiger partial charge in [-0.1, -0.05) is 55.5 Å². The van der Waals surface area contributed by atoms with Crippen molar-refractivity contribution in [2.24, 2.45) is 0 Å². The molecule has 2 aromatic rings. The molecule has 2 heteroatoms. The van der Waals surface area contributed by atoms with Crippen LogP contribution in [0.4, 0.5) is 0 Å². The third-order valence-corrected chi connectivity index (χ3v) is 4.93. The van der Waals surface area contributed by atoms with E-state index in [4.69, 9.17) is 0 Å². The zero-order valence-corrected chi connectivity index (χ0v) is 14.4. The number of benzene rings is 2. The molecule has 1 atom stereocenters. The van der Waals surface area contributed by atoms with Crippen LogP contribution in [-0.2, 0) is 6.42 Å². The molecule has 122 valence electrons. The minimum atomic E-state index is 0.363. The molecule has 1 saturated heterocycles. The van der Waals surface area contributed by atoms with Gasteiger partial charge >= 0.3 is 0 Å². The maximum absolute atomic E-state index is 3.53. The minimum Gasteiger partial charge on any atom is -0.315 e. The van der Waals surface area contributed by atoms with Crippen LogP contribution >= 0.6 is 0 Å². The molecule has 0 aromatic heterocycles. The maximum Gasteiger partial charge on any atom is 0.0604 e. The molecule has 2 nitrogen and oxygen atoms in total. The van der Waals surface area contributed by atoms with E-state index < -0.39 is 0 Å². The molecule has 0 radical (unpaired) electrons. The van der Waals surface area contributed by atoms with Gasteiger partial charge in [-0.25, -0.2) is 0 Å². The van der Waals surface area contributed by atoms with Crippen LogP contribution in [0.1, 0.15) is 41.6 Å². The van der Waals surface area contributed by atoms with E-state index in [1.165, 1.54) is 28.7 Å². The zero-order valence-electron chi connectivity index (χ0n) is 14.4. The topological polar surface area (TPSA) is 15.3 Å². The second-order valence-corrected chi connectivity index (χ2v) is 6.49. The molecule has 3 rings (SSSR count). The summed E-state index contributed by atoms with van der Waals surface area (Å²) in [5.74, 6) is 0. The van der Waals surface area contributed by atoms with Crippen molar-refractivity contribution in [2.75, 3.05) is 26.2 Å². The van der Waals surface area contributed by atoms with Crippen LogP contribution in [-0.4, -0.2) is 31.1 Å². The van der Waals surface area contributed by atoms with Gasteiger partial charge in [-0.05, 0) is 48.6 Å². The second-order valence-electron chi connectivity index (χ2n) is 6.49. The van der Waals surface area contributed by atoms with Crippen LogP contribution in [0.3, 0.4) is 0 Å². The van der Waals surface area contributed by atoms with Gasteiger partial charge in [0.2, 0.25) is 0 Å². The molecule has 23 heavy (non-hydrogen) atoms. The molecule has 0 aliphatic carbocycles. The predicted octanol–water partition coefficient (Wildman–Crippen LogP) is 3.94. The van der Waals surface area contributed by atoms with E-state index in [1.54, 1.807) is 0 Å². The van der Waals surface area contributed by atoms with E-state index in [0.717, 1.165) is 32.6 Å². The molecular weight excluding hydrogens is 280 g/mol. The molecular formula is C21H28N2. The molecule has 1 aliphatic rings. The Morgan fingerprint density at radius 3 is 2.52 bits per heavy atom. The van der Waals surface area contributed by atoms with E-state index in [-0.39, 0.29) is 0 Å². The molecule has 0 spiro atoms. The van der Waals surface area contributed by atoms with Gasteiger partial charge < -0.3 is 5.32 Å². The molecule has 1 aliphatic heterocycles. The summed E-state index contributed by atoms with van der Waals surface area (Å²) in [7, 11) is 0. The first-order chi connectivity index (χ1) is 11.3. The highest BCUT2D eigenvalue weighted by Crippen LogP contribution is 2.31. The highest BCUT2D eigenvalue weighted by Gasteiger charge is 2.24. The molecule has 1 N–H and O–H groups in total. The Hall–Kier alpha value is -1.64. The number of nitrogens with zero attached hydrogens (tertiary/aromatic N) is 1. The lowest BCUT2D eigenvalue weighted by molar-refractivity contribution is 0.240. The molecule has 2 aromatic carbocycles. The van der Waals surface area contributed by atoms with Gasteiger partial charge in [0.25, 0.3) is 0 Å². The molecule has 1 fully saturated rings. The van der Waals surface area contributed by atoms with Crippen molar-refractivity contribution < 1.29 is 0 Å². The highest BCUT2D eigenvalue weighted by molar-refractivity contribution is 5.38. The first-order valence-electron chi connectivity index (χ1n) is 8.88. The van der Waals surface area contributed by atoms with Crippen molar-refractivity contribution in [1.29, 1.82) is 0 Å². The van der Waals surface area contributed by atoms with Crippen molar-refractivity contribution >= 4 is 0 Å². The monoisotopic (exact) mass is 308 g/mol. The summed E-state index contributed by atoms with van der Waals surface area (Å²) in [6, 6.07) is 18.4. The van der Waals surface area contributed by atoms with Gasteiger partial charge in [-0.3, -0.25) is 4.90 Å². The summed E-state index contributed by atoms with van der Waals surface area (Å²) >= 11 is 0. The van der Waals surface area contributed by atoms with Gasteiger partial charge in [0.15, 0.2) is 0 Å². The van der Waals surface area contributed by atoms with Crippen LogP contribution < -0.4 is 5.32 Å². The molecule has 0 saturated carbocycles. The lowest BCUT2D eigenvalue weighted by Gasteiger charge is -2.32. The van der Waals surface area contributed by atoms with E-state index in [9.17, 15) is 0 Å². The maximum atomic E-state index is 3.53.